The minimum Gasteiger partial charge on any atom is -0.469 e. The Morgan fingerprint density at radius 2 is 1.93 bits per heavy atom. The molecule has 2 aliphatic heterocycles. The van der Waals surface area contributed by atoms with Crippen LogP contribution in [0.4, 0.5) is 5.69 Å². The van der Waals surface area contributed by atoms with E-state index >= 15 is 0 Å². The molecular weight excluding hydrogens is 487 g/mol. The molecule has 0 saturated carbocycles. The maximum absolute atomic E-state index is 11.9. The topological polar surface area (TPSA) is 57.2 Å². The average Bonchev–Trinajstić information content (AvgIpc) is 3.10. The van der Waals surface area contributed by atoms with Gasteiger partial charge in [0.25, 0.3) is 0 Å². The Kier molecular flexibility index (Phi) is 9.20. The van der Waals surface area contributed by atoms with Crippen molar-refractivity contribution < 1.29 is 9.53 Å². The summed E-state index contributed by atoms with van der Waals surface area (Å²) < 4.78 is 4.93. The standard InChI is InChI=1S/C20H30N4O2S.HI/c1-15-13-24(14-18(15)19(25)26-3)20(21-2)22-12-16-4-6-17(7-5-16)23-8-10-27-11-9-23;/h4-7,15,18H,8-14H2,1-3H3,(H,21,22);1H. The largest absolute Gasteiger partial charge is 0.469 e. The zero-order valence-corrected chi connectivity index (χ0v) is 20.0. The van der Waals surface area contributed by atoms with Crippen LogP contribution in [0, 0.1) is 11.8 Å². The molecular formula is C20H31IN4O2S. The van der Waals surface area contributed by atoms with Gasteiger partial charge in [0.1, 0.15) is 0 Å². The molecule has 6 nitrogen and oxygen atoms in total. The smallest absolute Gasteiger partial charge is 0.310 e. The SMILES string of the molecule is CN=C(NCc1ccc(N2CCSCC2)cc1)N1CC(C)C(C(=O)OC)C1.I. The van der Waals surface area contributed by atoms with E-state index in [0.29, 0.717) is 6.54 Å². The molecule has 0 bridgehead atoms. The van der Waals surface area contributed by atoms with Crippen molar-refractivity contribution in [2.45, 2.75) is 13.5 Å². The molecule has 2 fully saturated rings. The monoisotopic (exact) mass is 518 g/mol. The predicted octanol–water partition coefficient (Wildman–Crippen LogP) is 2.67. The van der Waals surface area contributed by atoms with E-state index in [9.17, 15) is 4.79 Å². The van der Waals surface area contributed by atoms with Crippen LogP contribution in [0.25, 0.3) is 0 Å². The van der Waals surface area contributed by atoms with Gasteiger partial charge >= 0.3 is 5.97 Å². The number of hydrogen-bond donors (Lipinski definition) is 1. The summed E-state index contributed by atoms with van der Waals surface area (Å²) in [6, 6.07) is 8.78. The van der Waals surface area contributed by atoms with Crippen LogP contribution in [0.15, 0.2) is 29.3 Å². The zero-order valence-electron chi connectivity index (χ0n) is 16.9. The fourth-order valence-electron chi connectivity index (χ4n) is 3.76. The number of aliphatic imine (C=N–C) groups is 1. The molecule has 1 N–H and O–H groups in total. The summed E-state index contributed by atoms with van der Waals surface area (Å²) in [5.41, 5.74) is 2.53. The fourth-order valence-corrected chi connectivity index (χ4v) is 4.66. The Morgan fingerprint density at radius 1 is 1.25 bits per heavy atom. The van der Waals surface area contributed by atoms with E-state index in [1.807, 2.05) is 11.8 Å². The Balaban J connectivity index is 0.00000280. The lowest BCUT2D eigenvalue weighted by Crippen LogP contribution is -2.40. The van der Waals surface area contributed by atoms with E-state index in [1.54, 1.807) is 7.05 Å². The van der Waals surface area contributed by atoms with Crippen LogP contribution in [0.2, 0.25) is 0 Å². The third-order valence-corrected chi connectivity index (χ3v) is 6.33. The number of halogens is 1. The van der Waals surface area contributed by atoms with E-state index < -0.39 is 0 Å². The normalized spacial score (nSPS) is 22.6. The second-order valence-electron chi connectivity index (χ2n) is 7.18. The minimum atomic E-state index is -0.132. The lowest BCUT2D eigenvalue weighted by atomic mass is 9.99. The van der Waals surface area contributed by atoms with Crippen molar-refractivity contribution in [2.24, 2.45) is 16.8 Å². The van der Waals surface area contributed by atoms with Gasteiger partial charge in [0.2, 0.25) is 0 Å². The van der Waals surface area contributed by atoms with Crippen molar-refractivity contribution in [3.05, 3.63) is 29.8 Å². The number of anilines is 1. The number of thioether (sulfide) groups is 1. The number of rotatable bonds is 4. The van der Waals surface area contributed by atoms with Crippen LogP contribution in [-0.2, 0) is 16.1 Å². The predicted molar refractivity (Wildman–Crippen MR) is 128 cm³/mol. The van der Waals surface area contributed by atoms with E-state index in [1.165, 1.54) is 29.9 Å². The number of esters is 1. The van der Waals surface area contributed by atoms with Gasteiger partial charge in [-0.2, -0.15) is 11.8 Å². The number of likely N-dealkylation sites (tertiary alicyclic amines) is 1. The summed E-state index contributed by atoms with van der Waals surface area (Å²) in [4.78, 5) is 20.9. The number of carbonyl (C=O) groups excluding carboxylic acids is 1. The first kappa shape index (κ1) is 23.1. The second-order valence-corrected chi connectivity index (χ2v) is 8.40. The Morgan fingerprint density at radius 3 is 2.54 bits per heavy atom. The number of nitrogens with one attached hydrogen (secondary N) is 1. The number of benzene rings is 1. The third kappa shape index (κ3) is 5.68. The van der Waals surface area contributed by atoms with Gasteiger partial charge in [0.05, 0.1) is 13.0 Å². The lowest BCUT2D eigenvalue weighted by Gasteiger charge is -2.28. The highest BCUT2D eigenvalue weighted by Gasteiger charge is 2.36. The summed E-state index contributed by atoms with van der Waals surface area (Å²) >= 11 is 2.03. The molecule has 1 aromatic rings. The van der Waals surface area contributed by atoms with Gasteiger partial charge in [-0.3, -0.25) is 9.79 Å². The van der Waals surface area contributed by atoms with E-state index in [0.717, 1.165) is 32.1 Å². The summed E-state index contributed by atoms with van der Waals surface area (Å²) in [6.45, 7) is 6.53. The summed E-state index contributed by atoms with van der Waals surface area (Å²) in [5, 5.41) is 3.43. The highest BCUT2D eigenvalue weighted by atomic mass is 127. The van der Waals surface area contributed by atoms with Crippen LogP contribution in [0.1, 0.15) is 12.5 Å². The Labute approximate surface area is 189 Å². The number of ether oxygens (including phenoxy) is 1. The van der Waals surface area contributed by atoms with E-state index in [4.69, 9.17) is 4.74 Å². The molecule has 0 radical (unpaired) electrons. The van der Waals surface area contributed by atoms with Gasteiger partial charge in [-0.1, -0.05) is 19.1 Å². The molecule has 3 rings (SSSR count). The van der Waals surface area contributed by atoms with Crippen LogP contribution in [-0.4, -0.2) is 68.7 Å². The molecule has 2 aliphatic rings. The molecule has 2 heterocycles. The van der Waals surface area contributed by atoms with Crippen molar-refractivity contribution in [2.75, 3.05) is 56.7 Å². The second kappa shape index (κ2) is 11.1. The maximum atomic E-state index is 11.9. The summed E-state index contributed by atoms with van der Waals surface area (Å²) in [7, 11) is 3.24. The van der Waals surface area contributed by atoms with Crippen LogP contribution >= 0.6 is 35.7 Å². The van der Waals surface area contributed by atoms with E-state index in [-0.39, 0.29) is 41.8 Å². The minimum absolute atomic E-state index is 0. The van der Waals surface area contributed by atoms with Crippen LogP contribution in [0.5, 0.6) is 0 Å². The number of methoxy groups -OCH3 is 1. The molecule has 0 amide bonds. The van der Waals surface area contributed by atoms with Gasteiger partial charge in [-0.25, -0.2) is 0 Å². The highest BCUT2D eigenvalue weighted by Crippen LogP contribution is 2.24. The highest BCUT2D eigenvalue weighted by molar-refractivity contribution is 14.0. The lowest BCUT2D eigenvalue weighted by molar-refractivity contribution is -0.145. The quantitative estimate of drug-likeness (QED) is 0.287. The molecule has 2 atom stereocenters. The molecule has 2 unspecified atom stereocenters. The first-order chi connectivity index (χ1) is 13.1. The third-order valence-electron chi connectivity index (χ3n) is 5.39. The molecule has 2 saturated heterocycles. The maximum Gasteiger partial charge on any atom is 0.310 e. The average molecular weight is 518 g/mol. The molecule has 28 heavy (non-hydrogen) atoms. The van der Waals surface area contributed by atoms with Crippen molar-refractivity contribution in [3.63, 3.8) is 0 Å². The Hall–Kier alpha value is -1.16. The molecule has 0 spiro atoms. The van der Waals surface area contributed by atoms with E-state index in [2.05, 4.69) is 51.3 Å². The zero-order chi connectivity index (χ0) is 19.2. The van der Waals surface area contributed by atoms with Gasteiger partial charge in [-0.15, -0.1) is 24.0 Å². The van der Waals surface area contributed by atoms with Crippen LogP contribution < -0.4 is 10.2 Å². The van der Waals surface area contributed by atoms with Crippen molar-refractivity contribution in [1.29, 1.82) is 0 Å². The van der Waals surface area contributed by atoms with Gasteiger partial charge < -0.3 is 19.9 Å². The molecule has 1 aromatic carbocycles. The number of guanidine groups is 1. The van der Waals surface area contributed by atoms with Gasteiger partial charge in [0, 0.05) is 57.0 Å². The number of hydrogen-bond acceptors (Lipinski definition) is 5. The van der Waals surface area contributed by atoms with Gasteiger partial charge in [-0.05, 0) is 23.6 Å². The summed E-state index contributed by atoms with van der Waals surface area (Å²) in [5.74, 6) is 3.30. The molecule has 8 heteroatoms. The van der Waals surface area contributed by atoms with Crippen molar-refractivity contribution in [1.82, 2.24) is 10.2 Å². The fraction of sp³-hybridized carbons (Fsp3) is 0.600. The van der Waals surface area contributed by atoms with Crippen LogP contribution in [0.3, 0.4) is 0 Å². The Bertz CT molecular complexity index is 665. The summed E-state index contributed by atoms with van der Waals surface area (Å²) in [6.07, 6.45) is 0. The molecule has 0 aromatic heterocycles. The van der Waals surface area contributed by atoms with Crippen molar-refractivity contribution in [3.8, 4) is 0 Å². The molecule has 0 aliphatic carbocycles. The van der Waals surface area contributed by atoms with Crippen molar-refractivity contribution >= 4 is 53.4 Å². The first-order valence-electron chi connectivity index (χ1n) is 9.57. The molecule has 156 valence electrons. The van der Waals surface area contributed by atoms with Gasteiger partial charge in [0.15, 0.2) is 5.96 Å². The number of nitrogens with zero attached hydrogens (tertiary/aromatic N) is 3. The first-order valence-corrected chi connectivity index (χ1v) is 10.7. The number of carbonyl (C=O) groups is 1.